The molecule has 154 valence electrons. The van der Waals surface area contributed by atoms with Gasteiger partial charge >= 0.3 is 0 Å². The summed E-state index contributed by atoms with van der Waals surface area (Å²) < 4.78 is 0. The van der Waals surface area contributed by atoms with Gasteiger partial charge in [0.15, 0.2) is 0 Å². The van der Waals surface area contributed by atoms with Gasteiger partial charge in [-0.3, -0.25) is 14.7 Å². The van der Waals surface area contributed by atoms with Crippen LogP contribution in [0.15, 0.2) is 54.9 Å². The minimum absolute atomic E-state index is 0.0758. The maximum atomic E-state index is 13.2. The highest BCUT2D eigenvalue weighted by molar-refractivity contribution is 6.08. The van der Waals surface area contributed by atoms with Gasteiger partial charge in [0.1, 0.15) is 12.2 Å². The number of nitrogens with zero attached hydrogens (tertiary/aromatic N) is 3. The number of benzene rings is 2. The van der Waals surface area contributed by atoms with E-state index in [1.165, 1.54) is 6.33 Å². The van der Waals surface area contributed by atoms with Crippen LogP contribution in [0.3, 0.4) is 0 Å². The first kappa shape index (κ1) is 19.8. The number of anilines is 1. The molecule has 0 bridgehead atoms. The predicted octanol–water partition coefficient (Wildman–Crippen LogP) is 3.52. The lowest BCUT2D eigenvalue weighted by atomic mass is 9.98. The first-order chi connectivity index (χ1) is 14.6. The summed E-state index contributed by atoms with van der Waals surface area (Å²) in [6.45, 7) is 4.56. The summed E-state index contributed by atoms with van der Waals surface area (Å²) in [4.78, 5) is 32.0. The van der Waals surface area contributed by atoms with Gasteiger partial charge in [0.25, 0.3) is 11.8 Å². The first-order valence-electron chi connectivity index (χ1n) is 10.3. The van der Waals surface area contributed by atoms with Crippen LogP contribution in [-0.4, -0.2) is 39.6 Å². The van der Waals surface area contributed by atoms with Gasteiger partial charge in [0, 0.05) is 29.4 Å². The number of nitrogens with one attached hydrogen (secondary N) is 2. The van der Waals surface area contributed by atoms with Crippen molar-refractivity contribution >= 4 is 17.5 Å². The Morgan fingerprint density at radius 3 is 2.57 bits per heavy atom. The number of hydrogen-bond donors (Lipinski definition) is 2. The number of carbonyl (C=O) groups is 2. The Hall–Kier alpha value is -3.48. The van der Waals surface area contributed by atoms with Gasteiger partial charge in [-0.05, 0) is 48.7 Å². The van der Waals surface area contributed by atoms with Gasteiger partial charge in [0.05, 0.1) is 5.92 Å². The number of aromatic amines is 1. The molecule has 1 aliphatic heterocycles. The molecule has 1 aromatic heterocycles. The molecule has 2 amide bonds. The van der Waals surface area contributed by atoms with Crippen molar-refractivity contribution in [2.75, 3.05) is 11.4 Å². The van der Waals surface area contributed by atoms with Crippen LogP contribution < -0.4 is 10.2 Å². The second-order valence-electron chi connectivity index (χ2n) is 7.47. The smallest absolute Gasteiger partial charge is 0.258 e. The Labute approximate surface area is 175 Å². The summed E-state index contributed by atoms with van der Waals surface area (Å²) in [7, 11) is 0. The lowest BCUT2D eigenvalue weighted by molar-refractivity contribution is 0.0934. The van der Waals surface area contributed by atoms with E-state index in [2.05, 4.69) is 34.3 Å². The third-order valence-corrected chi connectivity index (χ3v) is 5.67. The van der Waals surface area contributed by atoms with E-state index < -0.39 is 0 Å². The Morgan fingerprint density at radius 1 is 1.13 bits per heavy atom. The van der Waals surface area contributed by atoms with Crippen LogP contribution in [0.25, 0.3) is 0 Å². The van der Waals surface area contributed by atoms with E-state index in [-0.39, 0.29) is 23.8 Å². The molecule has 0 saturated carbocycles. The molecule has 7 nitrogen and oxygen atoms in total. The molecule has 0 aliphatic carbocycles. The molecule has 0 radical (unpaired) electrons. The molecule has 0 saturated heterocycles. The first-order valence-corrected chi connectivity index (χ1v) is 10.3. The van der Waals surface area contributed by atoms with Crippen molar-refractivity contribution < 1.29 is 9.59 Å². The summed E-state index contributed by atoms with van der Waals surface area (Å²) in [6.07, 6.45) is 3.22. The van der Waals surface area contributed by atoms with E-state index in [1.807, 2.05) is 30.3 Å². The van der Waals surface area contributed by atoms with E-state index in [9.17, 15) is 9.59 Å². The largest absolute Gasteiger partial charge is 0.349 e. The number of carbonyl (C=O) groups excluding carboxylic acids is 2. The molecule has 2 N–H and O–H groups in total. The van der Waals surface area contributed by atoms with Crippen molar-refractivity contribution in [1.82, 2.24) is 20.5 Å². The average Bonchev–Trinajstić information content (AvgIpc) is 3.45. The molecule has 1 unspecified atom stereocenters. The predicted molar refractivity (Wildman–Crippen MR) is 115 cm³/mol. The normalized spacial score (nSPS) is 15.3. The van der Waals surface area contributed by atoms with Crippen LogP contribution in [0.2, 0.25) is 0 Å². The molecule has 0 spiro atoms. The Bertz CT molecular complexity index is 1030. The van der Waals surface area contributed by atoms with Gasteiger partial charge in [-0.15, -0.1) is 0 Å². The zero-order valence-electron chi connectivity index (χ0n) is 17.1. The summed E-state index contributed by atoms with van der Waals surface area (Å²) in [5.74, 6) is 0.331. The van der Waals surface area contributed by atoms with E-state index in [0.717, 1.165) is 24.1 Å². The van der Waals surface area contributed by atoms with Crippen LogP contribution in [0, 0.1) is 0 Å². The topological polar surface area (TPSA) is 91.0 Å². The highest BCUT2D eigenvalue weighted by Crippen LogP contribution is 2.40. The molecule has 0 fully saturated rings. The standard InChI is InChI=1S/C23H25N5O2/c1-3-17(4-2)26-22(29)16-10-11-20-18(12-16)19(21-24-14-25-27-21)13-28(20)23(30)15-8-6-5-7-9-15/h5-12,14,17,19H,3-4,13H2,1-2H3,(H,26,29)(H,24,25,27). The van der Waals surface area contributed by atoms with E-state index in [4.69, 9.17) is 0 Å². The van der Waals surface area contributed by atoms with Crippen LogP contribution >= 0.6 is 0 Å². The number of aromatic nitrogens is 3. The number of rotatable bonds is 6. The summed E-state index contributed by atoms with van der Waals surface area (Å²) in [6, 6.07) is 14.9. The highest BCUT2D eigenvalue weighted by atomic mass is 16.2. The van der Waals surface area contributed by atoms with Crippen molar-refractivity contribution in [2.45, 2.75) is 38.6 Å². The van der Waals surface area contributed by atoms with Gasteiger partial charge < -0.3 is 10.2 Å². The van der Waals surface area contributed by atoms with Crippen molar-refractivity contribution in [3.63, 3.8) is 0 Å². The number of H-pyrrole nitrogens is 1. The molecule has 1 atom stereocenters. The summed E-state index contributed by atoms with van der Waals surface area (Å²) in [5, 5.41) is 9.96. The van der Waals surface area contributed by atoms with Crippen LogP contribution in [0.1, 0.15) is 64.7 Å². The third kappa shape index (κ3) is 3.70. The van der Waals surface area contributed by atoms with Gasteiger partial charge in [-0.2, -0.15) is 5.10 Å². The molecule has 30 heavy (non-hydrogen) atoms. The van der Waals surface area contributed by atoms with E-state index in [0.29, 0.717) is 23.5 Å². The number of amides is 2. The van der Waals surface area contributed by atoms with Crippen LogP contribution in [-0.2, 0) is 0 Å². The lowest BCUT2D eigenvalue weighted by Crippen LogP contribution is -2.33. The minimum Gasteiger partial charge on any atom is -0.349 e. The van der Waals surface area contributed by atoms with Crippen molar-refractivity contribution in [2.24, 2.45) is 0 Å². The van der Waals surface area contributed by atoms with Crippen LogP contribution in [0.4, 0.5) is 5.69 Å². The fourth-order valence-electron chi connectivity index (χ4n) is 3.91. The molecule has 2 heterocycles. The molecular weight excluding hydrogens is 378 g/mol. The Morgan fingerprint density at radius 2 is 1.90 bits per heavy atom. The molecular formula is C23H25N5O2. The van der Waals surface area contributed by atoms with Gasteiger partial charge in [-0.1, -0.05) is 32.0 Å². The maximum absolute atomic E-state index is 13.2. The minimum atomic E-state index is -0.170. The number of hydrogen-bond acceptors (Lipinski definition) is 4. The molecule has 2 aromatic carbocycles. The van der Waals surface area contributed by atoms with Crippen molar-refractivity contribution in [3.8, 4) is 0 Å². The highest BCUT2D eigenvalue weighted by Gasteiger charge is 2.36. The van der Waals surface area contributed by atoms with E-state index in [1.54, 1.807) is 23.1 Å². The van der Waals surface area contributed by atoms with Gasteiger partial charge in [-0.25, -0.2) is 4.98 Å². The second-order valence-corrected chi connectivity index (χ2v) is 7.47. The quantitative estimate of drug-likeness (QED) is 0.659. The van der Waals surface area contributed by atoms with Crippen LogP contribution in [0.5, 0.6) is 0 Å². The van der Waals surface area contributed by atoms with Crippen molar-refractivity contribution in [1.29, 1.82) is 0 Å². The maximum Gasteiger partial charge on any atom is 0.258 e. The lowest BCUT2D eigenvalue weighted by Gasteiger charge is -2.18. The monoisotopic (exact) mass is 403 g/mol. The Kier molecular flexibility index (Phi) is 5.61. The molecule has 7 heteroatoms. The fourth-order valence-corrected chi connectivity index (χ4v) is 3.91. The summed E-state index contributed by atoms with van der Waals surface area (Å²) >= 11 is 0. The van der Waals surface area contributed by atoms with E-state index >= 15 is 0 Å². The second kappa shape index (κ2) is 8.49. The molecule has 1 aliphatic rings. The average molecular weight is 403 g/mol. The SMILES string of the molecule is CCC(CC)NC(=O)c1ccc2c(c1)C(c1ncn[nH]1)CN2C(=O)c1ccccc1. The molecule has 4 rings (SSSR count). The number of fused-ring (bicyclic) bond motifs is 1. The third-order valence-electron chi connectivity index (χ3n) is 5.67. The zero-order valence-corrected chi connectivity index (χ0v) is 17.1. The zero-order chi connectivity index (χ0) is 21.1. The van der Waals surface area contributed by atoms with Gasteiger partial charge in [0.2, 0.25) is 0 Å². The summed E-state index contributed by atoms with van der Waals surface area (Å²) in [5.41, 5.74) is 2.90. The fraction of sp³-hybridized carbons (Fsp3) is 0.304. The Balaban J connectivity index is 1.70. The molecule has 3 aromatic rings. The van der Waals surface area contributed by atoms with Crippen molar-refractivity contribution in [3.05, 3.63) is 77.4 Å².